The van der Waals surface area contributed by atoms with Gasteiger partial charge in [-0.15, -0.1) is 22.9 Å². The third kappa shape index (κ3) is 4.44. The zero-order valence-corrected chi connectivity index (χ0v) is 18.7. The van der Waals surface area contributed by atoms with Crippen molar-refractivity contribution < 1.29 is 13.9 Å². The van der Waals surface area contributed by atoms with Crippen LogP contribution in [0.4, 0.5) is 0 Å². The minimum absolute atomic E-state index is 0.241. The van der Waals surface area contributed by atoms with E-state index in [2.05, 4.69) is 4.98 Å². The molecule has 1 unspecified atom stereocenters. The van der Waals surface area contributed by atoms with Crippen LogP contribution in [-0.4, -0.2) is 11.0 Å². The predicted octanol–water partition coefficient (Wildman–Crippen LogP) is 6.47. The van der Waals surface area contributed by atoms with Crippen molar-refractivity contribution in [1.82, 2.24) is 4.98 Å². The van der Waals surface area contributed by atoms with Crippen LogP contribution in [0.5, 0.6) is 5.75 Å². The molecule has 5 aromatic rings. The van der Waals surface area contributed by atoms with Crippen LogP contribution < -0.4 is 10.4 Å². The first-order valence-corrected chi connectivity index (χ1v) is 11.4. The van der Waals surface area contributed by atoms with E-state index in [-0.39, 0.29) is 5.75 Å². The average molecular weight is 474 g/mol. The molecule has 0 radical (unpaired) electrons. The molecule has 0 saturated carbocycles. The van der Waals surface area contributed by atoms with Crippen LogP contribution >= 0.6 is 22.9 Å². The number of thiazole rings is 1. The topological polar surface area (TPSA) is 69.4 Å². The van der Waals surface area contributed by atoms with Crippen molar-refractivity contribution in [2.24, 2.45) is 0 Å². The number of aromatic nitrogens is 1. The lowest BCUT2D eigenvalue weighted by Gasteiger charge is -2.10. The molecular weight excluding hydrogens is 458 g/mol. The molecule has 7 heteroatoms. The van der Waals surface area contributed by atoms with Crippen LogP contribution in [0.15, 0.2) is 99.5 Å². The molecule has 2 heterocycles. The highest BCUT2D eigenvalue weighted by Crippen LogP contribution is 2.30. The van der Waals surface area contributed by atoms with Gasteiger partial charge in [0.25, 0.3) is 0 Å². The molecule has 0 aliphatic rings. The number of carbonyl (C=O) groups is 1. The van der Waals surface area contributed by atoms with Gasteiger partial charge in [-0.25, -0.2) is 14.6 Å². The Bertz CT molecular complexity index is 1500. The highest BCUT2D eigenvalue weighted by molar-refractivity contribution is 7.13. The Morgan fingerprint density at radius 1 is 0.970 bits per heavy atom. The standard InChI is InChI=1S/C26H16ClNO4S/c27-23(17-9-5-2-6-10-17)26(30)31-19-12-11-18-13-20(25(29)32-22(18)14-19)24-28-21(15-33-24)16-7-3-1-4-8-16/h1-15,23H. The molecule has 5 nitrogen and oxygen atoms in total. The van der Waals surface area contributed by atoms with Crippen LogP contribution in [0.3, 0.4) is 0 Å². The summed E-state index contributed by atoms with van der Waals surface area (Å²) in [7, 11) is 0. The number of ether oxygens (including phenoxy) is 1. The summed E-state index contributed by atoms with van der Waals surface area (Å²) in [4.78, 5) is 29.7. The summed E-state index contributed by atoms with van der Waals surface area (Å²) in [5.74, 6) is -0.372. The number of esters is 1. The van der Waals surface area contributed by atoms with Gasteiger partial charge in [-0.1, -0.05) is 60.7 Å². The number of alkyl halides is 1. The maximum Gasteiger partial charge on any atom is 0.346 e. The summed E-state index contributed by atoms with van der Waals surface area (Å²) in [6.07, 6.45) is 0. The predicted molar refractivity (Wildman–Crippen MR) is 130 cm³/mol. The molecule has 0 amide bonds. The summed E-state index contributed by atoms with van der Waals surface area (Å²) in [6, 6.07) is 25.3. The van der Waals surface area contributed by atoms with E-state index >= 15 is 0 Å². The zero-order chi connectivity index (χ0) is 22.8. The highest BCUT2D eigenvalue weighted by Gasteiger charge is 2.20. The lowest BCUT2D eigenvalue weighted by Crippen LogP contribution is -2.14. The summed E-state index contributed by atoms with van der Waals surface area (Å²) >= 11 is 7.61. The first-order chi connectivity index (χ1) is 16.1. The Hall–Kier alpha value is -3.74. The van der Waals surface area contributed by atoms with Crippen molar-refractivity contribution >= 4 is 39.9 Å². The third-order valence-corrected chi connectivity index (χ3v) is 6.33. The minimum Gasteiger partial charge on any atom is -0.425 e. The van der Waals surface area contributed by atoms with Gasteiger partial charge in [0.15, 0.2) is 5.38 Å². The molecule has 5 rings (SSSR count). The number of rotatable bonds is 5. The van der Waals surface area contributed by atoms with Gasteiger partial charge in [-0.2, -0.15) is 0 Å². The first kappa shape index (κ1) is 21.1. The van der Waals surface area contributed by atoms with Crippen LogP contribution in [0.25, 0.3) is 32.8 Å². The molecule has 0 saturated heterocycles. The fourth-order valence-electron chi connectivity index (χ4n) is 3.37. The second-order valence-electron chi connectivity index (χ2n) is 7.25. The summed E-state index contributed by atoms with van der Waals surface area (Å²) < 4.78 is 10.9. The van der Waals surface area contributed by atoms with Crippen LogP contribution in [0.2, 0.25) is 0 Å². The molecule has 0 aliphatic heterocycles. The monoisotopic (exact) mass is 473 g/mol. The van der Waals surface area contributed by atoms with Gasteiger partial charge in [0, 0.05) is 22.4 Å². The van der Waals surface area contributed by atoms with E-state index < -0.39 is 17.0 Å². The van der Waals surface area contributed by atoms with Crippen LogP contribution in [-0.2, 0) is 4.79 Å². The van der Waals surface area contributed by atoms with E-state index in [9.17, 15) is 9.59 Å². The number of nitrogens with zero attached hydrogens (tertiary/aromatic N) is 1. The Morgan fingerprint density at radius 2 is 1.70 bits per heavy atom. The quantitative estimate of drug-likeness (QED) is 0.127. The minimum atomic E-state index is -0.944. The second kappa shape index (κ2) is 9.02. The van der Waals surface area contributed by atoms with E-state index in [0.29, 0.717) is 27.1 Å². The van der Waals surface area contributed by atoms with Crippen molar-refractivity contribution in [3.05, 3.63) is 106 Å². The molecule has 0 N–H and O–H groups in total. The van der Waals surface area contributed by atoms with Gasteiger partial charge < -0.3 is 9.15 Å². The molecule has 3 aromatic carbocycles. The average Bonchev–Trinajstić information content (AvgIpc) is 3.34. The highest BCUT2D eigenvalue weighted by atomic mass is 35.5. The SMILES string of the molecule is O=C(Oc1ccc2cc(-c3nc(-c4ccccc4)cs3)c(=O)oc2c1)C(Cl)c1ccccc1. The maximum absolute atomic E-state index is 12.7. The van der Waals surface area contributed by atoms with E-state index in [1.54, 1.807) is 42.5 Å². The Labute approximate surface area is 197 Å². The van der Waals surface area contributed by atoms with E-state index in [1.165, 1.54) is 17.4 Å². The van der Waals surface area contributed by atoms with Crippen LogP contribution in [0, 0.1) is 0 Å². The van der Waals surface area contributed by atoms with E-state index in [0.717, 1.165) is 11.3 Å². The largest absolute Gasteiger partial charge is 0.425 e. The smallest absolute Gasteiger partial charge is 0.346 e. The molecule has 0 aliphatic carbocycles. The number of benzene rings is 3. The second-order valence-corrected chi connectivity index (χ2v) is 8.54. The Balaban J connectivity index is 1.41. The number of hydrogen-bond acceptors (Lipinski definition) is 6. The van der Waals surface area contributed by atoms with Gasteiger partial charge in [-0.3, -0.25) is 0 Å². The van der Waals surface area contributed by atoms with Gasteiger partial charge in [0.05, 0.1) is 11.3 Å². The zero-order valence-electron chi connectivity index (χ0n) is 17.1. The third-order valence-electron chi connectivity index (χ3n) is 5.03. The lowest BCUT2D eigenvalue weighted by atomic mass is 10.1. The summed E-state index contributed by atoms with van der Waals surface area (Å²) in [5.41, 5.74) is 2.58. The molecule has 1 atom stereocenters. The number of fused-ring (bicyclic) bond motifs is 1. The molecule has 0 spiro atoms. The Kier molecular flexibility index (Phi) is 5.77. The molecule has 0 fully saturated rings. The van der Waals surface area contributed by atoms with E-state index in [4.69, 9.17) is 20.8 Å². The first-order valence-electron chi connectivity index (χ1n) is 10.1. The van der Waals surface area contributed by atoms with Gasteiger partial charge in [0.2, 0.25) is 0 Å². The molecule has 0 bridgehead atoms. The molecule has 162 valence electrons. The van der Waals surface area contributed by atoms with Crippen molar-refractivity contribution in [2.45, 2.75) is 5.38 Å². The van der Waals surface area contributed by atoms with Crippen LogP contribution in [0.1, 0.15) is 10.9 Å². The number of halogens is 1. The summed E-state index contributed by atoms with van der Waals surface area (Å²) in [5, 5.41) is 2.23. The molecule has 2 aromatic heterocycles. The van der Waals surface area contributed by atoms with Gasteiger partial charge in [-0.05, 0) is 23.8 Å². The Morgan fingerprint density at radius 3 is 2.45 bits per heavy atom. The van der Waals surface area contributed by atoms with Gasteiger partial charge in [0.1, 0.15) is 16.3 Å². The fraction of sp³-hybridized carbons (Fsp3) is 0.0385. The van der Waals surface area contributed by atoms with Crippen molar-refractivity contribution in [1.29, 1.82) is 0 Å². The lowest BCUT2D eigenvalue weighted by molar-refractivity contribution is -0.134. The van der Waals surface area contributed by atoms with Gasteiger partial charge >= 0.3 is 11.6 Å². The number of carbonyl (C=O) groups excluding carboxylic acids is 1. The van der Waals surface area contributed by atoms with Crippen molar-refractivity contribution in [2.75, 3.05) is 0 Å². The summed E-state index contributed by atoms with van der Waals surface area (Å²) in [6.45, 7) is 0. The fourth-order valence-corrected chi connectivity index (χ4v) is 4.39. The van der Waals surface area contributed by atoms with E-state index in [1.807, 2.05) is 41.8 Å². The maximum atomic E-state index is 12.7. The molecule has 33 heavy (non-hydrogen) atoms. The normalized spacial score (nSPS) is 11.9. The van der Waals surface area contributed by atoms with Crippen molar-refractivity contribution in [3.8, 4) is 27.6 Å². The van der Waals surface area contributed by atoms with Crippen molar-refractivity contribution in [3.63, 3.8) is 0 Å². The number of hydrogen-bond donors (Lipinski definition) is 0. The molecular formula is C26H16ClNO4S.